The molecule has 1 N–H and O–H groups in total. The Kier molecular flexibility index (Phi) is 4.91. The van der Waals surface area contributed by atoms with Crippen molar-refractivity contribution in [3.05, 3.63) is 29.6 Å². The van der Waals surface area contributed by atoms with E-state index in [9.17, 15) is 0 Å². The quantitative estimate of drug-likeness (QED) is 0.797. The molecule has 1 fully saturated rings. The Bertz CT molecular complexity index is 458. The van der Waals surface area contributed by atoms with Gasteiger partial charge in [0.05, 0.1) is 6.10 Å². The lowest BCUT2D eigenvalue weighted by molar-refractivity contribution is 0.0116. The van der Waals surface area contributed by atoms with Crippen molar-refractivity contribution in [3.63, 3.8) is 0 Å². The topological polar surface area (TPSA) is 34.2 Å². The highest BCUT2D eigenvalue weighted by molar-refractivity contribution is 5.30. The van der Waals surface area contributed by atoms with Crippen molar-refractivity contribution < 1.29 is 4.74 Å². The first kappa shape index (κ1) is 15.0. The van der Waals surface area contributed by atoms with Gasteiger partial charge in [-0.15, -0.1) is 0 Å². The molecule has 116 valence electrons. The van der Waals surface area contributed by atoms with Crippen LogP contribution in [0.4, 0.5) is 0 Å². The van der Waals surface area contributed by atoms with E-state index in [1.165, 1.54) is 43.4 Å². The zero-order chi connectivity index (χ0) is 14.7. The number of nitrogens with one attached hydrogen (secondary N) is 1. The van der Waals surface area contributed by atoms with Gasteiger partial charge in [-0.2, -0.15) is 0 Å². The molecule has 0 amide bonds. The zero-order valence-electron chi connectivity index (χ0n) is 13.3. The molecule has 3 nitrogen and oxygen atoms in total. The molecule has 21 heavy (non-hydrogen) atoms. The van der Waals surface area contributed by atoms with Crippen LogP contribution in [0.1, 0.15) is 56.7 Å². The van der Waals surface area contributed by atoms with Crippen LogP contribution in [0, 0.1) is 5.92 Å². The molecule has 3 rings (SSSR count). The monoisotopic (exact) mass is 288 g/mol. The average molecular weight is 288 g/mol. The standard InChI is InChI=1S/C18H28N2O/c1-3-11-19-17(18(21-4-2)14-7-8-14)15-10-9-13-6-5-12-20-16(13)15/h5-6,12,14-15,17-19H,3-4,7-11H2,1-2H3. The SMILES string of the molecule is CCCNC(C1CCc2cccnc21)C(OCC)C1CC1. The van der Waals surface area contributed by atoms with Crippen molar-refractivity contribution in [2.24, 2.45) is 5.92 Å². The van der Waals surface area contributed by atoms with E-state index in [0.29, 0.717) is 18.1 Å². The molecule has 1 aromatic rings. The summed E-state index contributed by atoms with van der Waals surface area (Å²) in [6.07, 6.45) is 8.52. The summed E-state index contributed by atoms with van der Waals surface area (Å²) in [7, 11) is 0. The van der Waals surface area contributed by atoms with Crippen LogP contribution >= 0.6 is 0 Å². The van der Waals surface area contributed by atoms with Crippen molar-refractivity contribution in [2.75, 3.05) is 13.2 Å². The molecule has 0 bridgehead atoms. The van der Waals surface area contributed by atoms with Gasteiger partial charge < -0.3 is 10.1 Å². The summed E-state index contributed by atoms with van der Waals surface area (Å²) >= 11 is 0. The van der Waals surface area contributed by atoms with Gasteiger partial charge in [-0.1, -0.05) is 13.0 Å². The number of rotatable bonds is 8. The van der Waals surface area contributed by atoms with Crippen LogP contribution in [0.5, 0.6) is 0 Å². The Morgan fingerprint density at radius 3 is 2.90 bits per heavy atom. The van der Waals surface area contributed by atoms with Gasteiger partial charge in [-0.3, -0.25) is 4.98 Å². The fourth-order valence-corrected chi connectivity index (χ4v) is 3.74. The van der Waals surface area contributed by atoms with Crippen molar-refractivity contribution in [1.29, 1.82) is 0 Å². The molecule has 1 saturated carbocycles. The van der Waals surface area contributed by atoms with Crippen LogP contribution < -0.4 is 5.32 Å². The van der Waals surface area contributed by atoms with E-state index in [-0.39, 0.29) is 0 Å². The second-order valence-corrected chi connectivity index (χ2v) is 6.43. The normalized spacial score (nSPS) is 23.8. The minimum Gasteiger partial charge on any atom is -0.377 e. The van der Waals surface area contributed by atoms with Gasteiger partial charge in [-0.25, -0.2) is 0 Å². The zero-order valence-corrected chi connectivity index (χ0v) is 13.3. The Morgan fingerprint density at radius 2 is 2.19 bits per heavy atom. The maximum absolute atomic E-state index is 6.16. The molecule has 0 radical (unpaired) electrons. The molecule has 3 heteroatoms. The molecule has 0 saturated heterocycles. The highest BCUT2D eigenvalue weighted by Gasteiger charge is 2.42. The number of hydrogen-bond acceptors (Lipinski definition) is 3. The highest BCUT2D eigenvalue weighted by Crippen LogP contribution is 2.42. The first-order valence-corrected chi connectivity index (χ1v) is 8.63. The Labute approximate surface area is 128 Å². The van der Waals surface area contributed by atoms with Gasteiger partial charge in [0.25, 0.3) is 0 Å². The summed E-state index contributed by atoms with van der Waals surface area (Å²) in [6.45, 7) is 6.23. The molecular weight excluding hydrogens is 260 g/mol. The van der Waals surface area contributed by atoms with E-state index in [4.69, 9.17) is 9.72 Å². The maximum atomic E-state index is 6.16. The van der Waals surface area contributed by atoms with E-state index in [0.717, 1.165) is 19.1 Å². The van der Waals surface area contributed by atoms with Gasteiger partial charge >= 0.3 is 0 Å². The first-order chi connectivity index (χ1) is 10.3. The maximum Gasteiger partial charge on any atom is 0.0762 e. The average Bonchev–Trinajstić information content (AvgIpc) is 3.27. The van der Waals surface area contributed by atoms with Gasteiger partial charge in [0, 0.05) is 30.5 Å². The number of ether oxygens (including phenoxy) is 1. The fourth-order valence-electron chi connectivity index (χ4n) is 3.74. The summed E-state index contributed by atoms with van der Waals surface area (Å²) in [5, 5.41) is 3.79. The number of nitrogens with zero attached hydrogens (tertiary/aromatic N) is 1. The van der Waals surface area contributed by atoms with Crippen LogP contribution in [0.15, 0.2) is 18.3 Å². The number of hydrogen-bond donors (Lipinski definition) is 1. The fraction of sp³-hybridized carbons (Fsp3) is 0.722. The first-order valence-electron chi connectivity index (χ1n) is 8.63. The Morgan fingerprint density at radius 1 is 1.33 bits per heavy atom. The number of pyridine rings is 1. The van der Waals surface area contributed by atoms with E-state index in [1.807, 2.05) is 6.20 Å². The van der Waals surface area contributed by atoms with Crippen LogP contribution in [0.2, 0.25) is 0 Å². The molecule has 2 aliphatic rings. The van der Waals surface area contributed by atoms with Crippen LogP contribution in [-0.2, 0) is 11.2 Å². The predicted molar refractivity (Wildman–Crippen MR) is 85.5 cm³/mol. The third-order valence-electron chi connectivity index (χ3n) is 4.87. The van der Waals surface area contributed by atoms with E-state index < -0.39 is 0 Å². The van der Waals surface area contributed by atoms with E-state index >= 15 is 0 Å². The van der Waals surface area contributed by atoms with Gasteiger partial charge in [0.1, 0.15) is 0 Å². The summed E-state index contributed by atoms with van der Waals surface area (Å²) < 4.78 is 6.16. The molecule has 0 aromatic carbocycles. The molecule has 0 spiro atoms. The second-order valence-electron chi connectivity index (χ2n) is 6.43. The van der Waals surface area contributed by atoms with Crippen LogP contribution in [0.3, 0.4) is 0 Å². The Balaban J connectivity index is 1.81. The van der Waals surface area contributed by atoms with E-state index in [2.05, 4.69) is 31.3 Å². The molecule has 3 atom stereocenters. The lowest BCUT2D eigenvalue weighted by atomic mass is 9.89. The number of fused-ring (bicyclic) bond motifs is 1. The lowest BCUT2D eigenvalue weighted by Gasteiger charge is -2.33. The smallest absolute Gasteiger partial charge is 0.0762 e. The van der Waals surface area contributed by atoms with Gasteiger partial charge in [-0.05, 0) is 63.1 Å². The summed E-state index contributed by atoms with van der Waals surface area (Å²) in [6, 6.07) is 4.73. The van der Waals surface area contributed by atoms with E-state index in [1.54, 1.807) is 0 Å². The highest BCUT2D eigenvalue weighted by atomic mass is 16.5. The third kappa shape index (κ3) is 3.29. The van der Waals surface area contributed by atoms with Crippen LogP contribution in [0.25, 0.3) is 0 Å². The third-order valence-corrected chi connectivity index (χ3v) is 4.87. The number of aryl methyl sites for hydroxylation is 1. The largest absolute Gasteiger partial charge is 0.377 e. The molecule has 1 heterocycles. The van der Waals surface area contributed by atoms with Crippen molar-refractivity contribution in [2.45, 2.75) is 64.0 Å². The second kappa shape index (κ2) is 6.89. The minimum atomic E-state index is 0.361. The number of aromatic nitrogens is 1. The Hall–Kier alpha value is -0.930. The predicted octanol–water partition coefficient (Wildman–Crippen LogP) is 3.29. The molecular formula is C18H28N2O. The lowest BCUT2D eigenvalue weighted by Crippen LogP contribution is -2.47. The molecule has 3 unspecified atom stereocenters. The van der Waals surface area contributed by atoms with Crippen molar-refractivity contribution >= 4 is 0 Å². The van der Waals surface area contributed by atoms with Gasteiger partial charge in [0.2, 0.25) is 0 Å². The summed E-state index contributed by atoms with van der Waals surface area (Å²) in [5.74, 6) is 1.27. The summed E-state index contributed by atoms with van der Waals surface area (Å²) in [4.78, 5) is 4.70. The minimum absolute atomic E-state index is 0.361. The van der Waals surface area contributed by atoms with Gasteiger partial charge in [0.15, 0.2) is 0 Å². The van der Waals surface area contributed by atoms with Crippen LogP contribution in [-0.4, -0.2) is 30.3 Å². The molecule has 1 aromatic heterocycles. The summed E-state index contributed by atoms with van der Waals surface area (Å²) in [5.41, 5.74) is 2.76. The molecule has 2 aliphatic carbocycles. The van der Waals surface area contributed by atoms with Crippen molar-refractivity contribution in [1.82, 2.24) is 10.3 Å². The van der Waals surface area contributed by atoms with Crippen molar-refractivity contribution in [3.8, 4) is 0 Å². The molecule has 0 aliphatic heterocycles.